The second-order valence-corrected chi connectivity index (χ2v) is 9.13. The molecule has 2 aliphatic rings. The van der Waals surface area contributed by atoms with E-state index in [2.05, 4.69) is 16.0 Å². The molecular weight excluding hydrogens is 527 g/mol. The Balaban J connectivity index is 1.48. The number of nitrogens with one attached hydrogen (secondary N) is 3. The lowest BCUT2D eigenvalue weighted by Gasteiger charge is -2.19. The molecule has 0 fully saturated rings. The van der Waals surface area contributed by atoms with Crippen molar-refractivity contribution in [3.63, 3.8) is 0 Å². The Morgan fingerprint density at radius 2 is 1.70 bits per heavy atom. The number of carbonyl (C=O) groups excluding carboxylic acids is 3. The molecule has 0 bridgehead atoms. The molecule has 191 valence electrons. The summed E-state index contributed by atoms with van der Waals surface area (Å²) in [4.78, 5) is 49.3. The number of carboxylic acid groups (broad SMARTS) is 1. The molecule has 2 heterocycles. The van der Waals surface area contributed by atoms with Crippen LogP contribution < -0.4 is 26.9 Å². The Morgan fingerprint density at radius 3 is 2.43 bits per heavy atom. The average Bonchev–Trinajstić information content (AvgIpc) is 3.48. The number of carbonyl (C=O) groups is 4. The number of hydrogen-bond acceptors (Lipinski definition) is 7. The number of aliphatic carboxylic acids is 1. The number of hydrogen-bond donors (Lipinski definition) is 5. The fourth-order valence-corrected chi connectivity index (χ4v) is 4.40. The zero-order valence-corrected chi connectivity index (χ0v) is 20.7. The van der Waals surface area contributed by atoms with Crippen LogP contribution in [0.25, 0.3) is 0 Å². The molecule has 1 atom stereocenters. The molecular formula is C22H20B2Cl2N3O8. The van der Waals surface area contributed by atoms with Crippen molar-refractivity contribution in [3.05, 3.63) is 56.6 Å². The number of halogens is 2. The van der Waals surface area contributed by atoms with Gasteiger partial charge in [-0.3, -0.25) is 19.2 Å². The predicted molar refractivity (Wildman–Crippen MR) is 134 cm³/mol. The zero-order chi connectivity index (χ0) is 26.7. The molecule has 4 rings (SSSR count). The standard InChI is InChI=1S/C22H20B2Cl2N3O8/c25-16-5-10(3-14-12(16)8-36-23-14)21(33)29-18(22(34)27-2-1-19(30)31)7-28-20(32)11-4-15-13(17(26)6-11)9-37-24(15)35/h3-6,18,35H,1-2,7-9H2,(H,27,34)(H,28,32)(H,29,33)(H,30,31). The Kier molecular flexibility index (Phi) is 8.40. The van der Waals surface area contributed by atoms with Gasteiger partial charge in [-0.05, 0) is 40.3 Å². The van der Waals surface area contributed by atoms with Crippen LogP contribution in [0.15, 0.2) is 24.3 Å². The summed E-state index contributed by atoms with van der Waals surface area (Å²) < 4.78 is 10.4. The monoisotopic (exact) mass is 546 g/mol. The van der Waals surface area contributed by atoms with Gasteiger partial charge in [0.25, 0.3) is 11.8 Å². The van der Waals surface area contributed by atoms with Crippen molar-refractivity contribution in [1.29, 1.82) is 0 Å². The van der Waals surface area contributed by atoms with E-state index in [0.29, 0.717) is 21.5 Å². The van der Waals surface area contributed by atoms with Gasteiger partial charge < -0.3 is 35.4 Å². The summed E-state index contributed by atoms with van der Waals surface area (Å²) in [6, 6.07) is 4.58. The highest BCUT2D eigenvalue weighted by atomic mass is 35.5. The summed E-state index contributed by atoms with van der Waals surface area (Å²) >= 11 is 12.4. The van der Waals surface area contributed by atoms with E-state index < -0.39 is 36.9 Å². The maximum atomic E-state index is 12.9. The minimum absolute atomic E-state index is 0.110. The second kappa shape index (κ2) is 11.5. The van der Waals surface area contributed by atoms with Gasteiger partial charge in [-0.15, -0.1) is 0 Å². The summed E-state index contributed by atoms with van der Waals surface area (Å²) in [6.07, 6.45) is -0.326. The molecule has 5 N–H and O–H groups in total. The maximum Gasteiger partial charge on any atom is 0.491 e. The molecule has 3 amide bonds. The van der Waals surface area contributed by atoms with Crippen molar-refractivity contribution < 1.29 is 38.6 Å². The van der Waals surface area contributed by atoms with Gasteiger partial charge in [0.05, 0.1) is 19.6 Å². The van der Waals surface area contributed by atoms with Gasteiger partial charge >= 0.3 is 20.6 Å². The third kappa shape index (κ3) is 6.25. The predicted octanol–water partition coefficient (Wildman–Crippen LogP) is -0.895. The lowest BCUT2D eigenvalue weighted by atomic mass is 9.78. The van der Waals surface area contributed by atoms with Crippen LogP contribution in [0.4, 0.5) is 0 Å². The third-order valence-electron chi connectivity index (χ3n) is 5.80. The highest BCUT2D eigenvalue weighted by molar-refractivity contribution is 6.62. The van der Waals surface area contributed by atoms with Gasteiger partial charge in [0.2, 0.25) is 5.91 Å². The molecule has 0 saturated heterocycles. The van der Waals surface area contributed by atoms with Crippen molar-refractivity contribution in [2.75, 3.05) is 13.1 Å². The fourth-order valence-electron chi connectivity index (χ4n) is 3.84. The van der Waals surface area contributed by atoms with E-state index in [1.54, 1.807) is 6.07 Å². The van der Waals surface area contributed by atoms with E-state index in [1.165, 1.54) is 25.7 Å². The Bertz CT molecular complexity index is 1280. The third-order valence-corrected chi connectivity index (χ3v) is 6.48. The van der Waals surface area contributed by atoms with Crippen molar-refractivity contribution in [2.24, 2.45) is 0 Å². The van der Waals surface area contributed by atoms with Crippen LogP contribution in [0.3, 0.4) is 0 Å². The first-order valence-corrected chi connectivity index (χ1v) is 11.9. The molecule has 2 aromatic rings. The maximum absolute atomic E-state index is 12.9. The number of rotatable bonds is 9. The number of amides is 3. The molecule has 0 aliphatic carbocycles. The second-order valence-electron chi connectivity index (χ2n) is 8.31. The molecule has 2 aromatic carbocycles. The fraction of sp³-hybridized carbons (Fsp3) is 0.273. The summed E-state index contributed by atoms with van der Waals surface area (Å²) in [7, 11) is 0.256. The number of carboxylic acids is 1. The van der Waals surface area contributed by atoms with Crippen LogP contribution in [-0.2, 0) is 32.1 Å². The van der Waals surface area contributed by atoms with Crippen LogP contribution in [0.2, 0.25) is 10.0 Å². The van der Waals surface area contributed by atoms with Crippen molar-refractivity contribution in [1.82, 2.24) is 16.0 Å². The quantitative estimate of drug-likeness (QED) is 0.253. The highest BCUT2D eigenvalue weighted by Gasteiger charge is 2.31. The largest absolute Gasteiger partial charge is 0.491 e. The van der Waals surface area contributed by atoms with Gasteiger partial charge in [-0.1, -0.05) is 29.3 Å². The first-order valence-electron chi connectivity index (χ1n) is 11.1. The van der Waals surface area contributed by atoms with Crippen LogP contribution >= 0.6 is 23.2 Å². The van der Waals surface area contributed by atoms with Crippen LogP contribution in [0.5, 0.6) is 0 Å². The minimum atomic E-state index is -1.25. The first kappa shape index (κ1) is 27.0. The lowest BCUT2D eigenvalue weighted by molar-refractivity contribution is -0.137. The van der Waals surface area contributed by atoms with Crippen molar-refractivity contribution in [2.45, 2.75) is 25.7 Å². The van der Waals surface area contributed by atoms with Gasteiger partial charge in [0.1, 0.15) is 6.04 Å². The minimum Gasteiger partial charge on any atom is -0.481 e. The number of fused-ring (bicyclic) bond motifs is 2. The molecule has 1 unspecified atom stereocenters. The highest BCUT2D eigenvalue weighted by Crippen LogP contribution is 2.22. The van der Waals surface area contributed by atoms with E-state index in [1.807, 2.05) is 0 Å². The Labute approximate surface area is 222 Å². The van der Waals surface area contributed by atoms with Gasteiger partial charge in [-0.2, -0.15) is 0 Å². The van der Waals surface area contributed by atoms with Gasteiger partial charge in [0, 0.05) is 34.3 Å². The molecule has 0 saturated carbocycles. The molecule has 1 radical (unpaired) electrons. The summed E-state index contributed by atoms with van der Waals surface area (Å²) in [5, 5.41) is 26.9. The first-order chi connectivity index (χ1) is 17.6. The Hall–Kier alpha value is -3.09. The Morgan fingerprint density at radius 1 is 1.00 bits per heavy atom. The summed E-state index contributed by atoms with van der Waals surface area (Å²) in [6.45, 7) is -0.111. The average molecular weight is 547 g/mol. The van der Waals surface area contributed by atoms with Crippen LogP contribution in [0, 0.1) is 0 Å². The van der Waals surface area contributed by atoms with Crippen LogP contribution in [0.1, 0.15) is 38.3 Å². The molecule has 0 spiro atoms. The summed E-state index contributed by atoms with van der Waals surface area (Å²) in [5.74, 6) is -3.07. The zero-order valence-electron chi connectivity index (χ0n) is 19.2. The van der Waals surface area contributed by atoms with Gasteiger partial charge in [-0.25, -0.2) is 0 Å². The van der Waals surface area contributed by atoms with E-state index in [4.69, 9.17) is 37.6 Å². The van der Waals surface area contributed by atoms with E-state index >= 15 is 0 Å². The van der Waals surface area contributed by atoms with Gasteiger partial charge in [0.15, 0.2) is 0 Å². The SMILES string of the molecule is O=C(O)CCNC(=O)C(CNC(=O)c1cc(Cl)c2c(c1)B(O)OC2)NC(=O)c1cc(Cl)c2c(c1)[B]OC2. The van der Waals surface area contributed by atoms with E-state index in [-0.39, 0.29) is 48.9 Å². The molecule has 11 nitrogen and oxygen atoms in total. The molecule has 0 aromatic heterocycles. The number of benzene rings is 2. The topological polar surface area (TPSA) is 163 Å². The molecule has 2 aliphatic heterocycles. The van der Waals surface area contributed by atoms with E-state index in [9.17, 15) is 24.2 Å². The van der Waals surface area contributed by atoms with Crippen molar-refractivity contribution in [3.8, 4) is 0 Å². The normalized spacial score (nSPS) is 14.3. The van der Waals surface area contributed by atoms with Crippen molar-refractivity contribution >= 4 is 72.4 Å². The lowest BCUT2D eigenvalue weighted by Crippen LogP contribution is -2.53. The van der Waals surface area contributed by atoms with E-state index in [0.717, 1.165) is 5.56 Å². The molecule has 15 heteroatoms. The summed E-state index contributed by atoms with van der Waals surface area (Å²) in [5.41, 5.74) is 2.59. The molecule has 37 heavy (non-hydrogen) atoms. The smallest absolute Gasteiger partial charge is 0.481 e. The van der Waals surface area contributed by atoms with Crippen LogP contribution in [-0.4, -0.2) is 67.6 Å².